The summed E-state index contributed by atoms with van der Waals surface area (Å²) in [5, 5.41) is 11.5. The zero-order valence-corrected chi connectivity index (χ0v) is 11.1. The van der Waals surface area contributed by atoms with E-state index in [0.717, 1.165) is 0 Å². The highest BCUT2D eigenvalue weighted by molar-refractivity contribution is 14.1. The third-order valence-electron chi connectivity index (χ3n) is 1.67. The van der Waals surface area contributed by atoms with Crippen LogP contribution in [0.3, 0.4) is 0 Å². The number of nitrogens with zero attached hydrogens (tertiary/aromatic N) is 1. The molecule has 0 spiro atoms. The maximum absolute atomic E-state index is 11.6. The van der Waals surface area contributed by atoms with Gasteiger partial charge in [0, 0.05) is 12.1 Å². The molecule has 0 aliphatic rings. The van der Waals surface area contributed by atoms with E-state index in [1.165, 1.54) is 6.08 Å². The van der Waals surface area contributed by atoms with Crippen molar-refractivity contribution in [1.82, 2.24) is 5.32 Å². The number of nitriles is 1. The van der Waals surface area contributed by atoms with Crippen LogP contribution < -0.4 is 5.32 Å². The van der Waals surface area contributed by atoms with Crippen molar-refractivity contribution >= 4 is 34.6 Å². The summed E-state index contributed by atoms with van der Waals surface area (Å²) in [4.78, 5) is 11.6. The normalized spacial score (nSPS) is 11.3. The summed E-state index contributed by atoms with van der Waals surface area (Å²) in [6.07, 6.45) is 1.43. The molecule has 0 atom stereocenters. The van der Waals surface area contributed by atoms with Gasteiger partial charge in [0.05, 0.1) is 0 Å². The first-order valence-electron chi connectivity index (χ1n) is 4.71. The van der Waals surface area contributed by atoms with E-state index < -0.39 is 0 Å². The Morgan fingerprint density at radius 1 is 1.62 bits per heavy atom. The van der Waals surface area contributed by atoms with Gasteiger partial charge in [0.15, 0.2) is 3.77 Å². The van der Waals surface area contributed by atoms with Gasteiger partial charge in [-0.3, -0.25) is 4.79 Å². The summed E-state index contributed by atoms with van der Waals surface area (Å²) >= 11 is 2.02. The highest BCUT2D eigenvalue weighted by Gasteiger charge is 2.10. The molecule has 0 aliphatic heterocycles. The van der Waals surface area contributed by atoms with Crippen LogP contribution in [-0.4, -0.2) is 11.9 Å². The van der Waals surface area contributed by atoms with Gasteiger partial charge in [-0.05, 0) is 48.6 Å². The van der Waals surface area contributed by atoms with E-state index in [-0.39, 0.29) is 17.5 Å². The van der Waals surface area contributed by atoms with Crippen molar-refractivity contribution in [3.63, 3.8) is 0 Å². The number of hydrogen-bond donors (Lipinski definition) is 1. The number of amides is 1. The van der Waals surface area contributed by atoms with E-state index in [1.54, 1.807) is 12.1 Å². The smallest absolute Gasteiger partial charge is 0.262 e. The van der Waals surface area contributed by atoms with Crippen LogP contribution >= 0.6 is 22.6 Å². The Hall–Kier alpha value is -1.29. The summed E-state index contributed by atoms with van der Waals surface area (Å²) < 4.78 is 5.96. The van der Waals surface area contributed by atoms with Crippen LogP contribution in [-0.2, 0) is 4.79 Å². The molecule has 0 radical (unpaired) electrons. The van der Waals surface area contributed by atoms with Crippen LogP contribution in [0.15, 0.2) is 22.1 Å². The summed E-state index contributed by atoms with van der Waals surface area (Å²) in [6, 6.07) is 5.33. The van der Waals surface area contributed by atoms with Crippen LogP contribution in [0.25, 0.3) is 6.08 Å². The zero-order valence-electron chi connectivity index (χ0n) is 8.95. The maximum atomic E-state index is 11.6. The fourth-order valence-corrected chi connectivity index (χ4v) is 1.47. The SMILES string of the molecule is CC(C)NC(=O)/C(C#N)=C\c1ccc(I)o1. The molecule has 1 rings (SSSR count). The zero-order chi connectivity index (χ0) is 12.1. The molecule has 1 aromatic rings. The van der Waals surface area contributed by atoms with Gasteiger partial charge in [-0.1, -0.05) is 0 Å². The molecule has 0 aliphatic carbocycles. The standard InChI is InChI=1S/C11H11IN2O2/c1-7(2)14-11(15)8(6-13)5-9-3-4-10(12)16-9/h3-5,7H,1-2H3,(H,14,15)/b8-5-. The first-order valence-corrected chi connectivity index (χ1v) is 5.79. The second-order valence-corrected chi connectivity index (χ2v) is 4.50. The van der Waals surface area contributed by atoms with Gasteiger partial charge < -0.3 is 9.73 Å². The van der Waals surface area contributed by atoms with Crippen molar-refractivity contribution in [2.75, 3.05) is 0 Å². The lowest BCUT2D eigenvalue weighted by Crippen LogP contribution is -2.30. The van der Waals surface area contributed by atoms with Crippen LogP contribution in [0.2, 0.25) is 0 Å². The number of furan rings is 1. The quantitative estimate of drug-likeness (QED) is 0.525. The Bertz CT molecular complexity index is 455. The fraction of sp³-hybridized carbons (Fsp3) is 0.273. The molecule has 1 heterocycles. The number of carbonyl (C=O) groups excluding carboxylic acids is 1. The van der Waals surface area contributed by atoms with Crippen molar-refractivity contribution in [3.8, 4) is 6.07 Å². The largest absolute Gasteiger partial charge is 0.451 e. The molecule has 1 N–H and O–H groups in total. The second kappa shape index (κ2) is 5.70. The molecule has 0 fully saturated rings. The Morgan fingerprint density at radius 3 is 2.75 bits per heavy atom. The number of nitrogens with one attached hydrogen (secondary N) is 1. The lowest BCUT2D eigenvalue weighted by molar-refractivity contribution is -0.117. The summed E-state index contributed by atoms with van der Waals surface area (Å²) in [5.41, 5.74) is 0.0412. The molecule has 5 heteroatoms. The minimum Gasteiger partial charge on any atom is -0.451 e. The summed E-state index contributed by atoms with van der Waals surface area (Å²) in [5.74, 6) is 0.115. The van der Waals surface area contributed by atoms with Crippen LogP contribution in [0.5, 0.6) is 0 Å². The van der Waals surface area contributed by atoms with E-state index in [4.69, 9.17) is 9.68 Å². The molecule has 0 saturated carbocycles. The molecule has 1 amide bonds. The van der Waals surface area contributed by atoms with Crippen molar-refractivity contribution in [3.05, 3.63) is 27.2 Å². The molecule has 0 unspecified atom stereocenters. The lowest BCUT2D eigenvalue weighted by Gasteiger charge is -2.06. The average Bonchev–Trinajstić information content (AvgIpc) is 2.59. The third kappa shape index (κ3) is 3.70. The Balaban J connectivity index is 2.87. The Labute approximate surface area is 107 Å². The first kappa shape index (κ1) is 12.8. The molecule has 0 saturated heterocycles. The number of rotatable bonds is 3. The van der Waals surface area contributed by atoms with Crippen molar-refractivity contribution in [2.24, 2.45) is 0 Å². The average molecular weight is 330 g/mol. The van der Waals surface area contributed by atoms with Gasteiger partial charge in [0.25, 0.3) is 5.91 Å². The molecule has 4 nitrogen and oxygen atoms in total. The topological polar surface area (TPSA) is 66.0 Å². The van der Waals surface area contributed by atoms with Crippen LogP contribution in [0, 0.1) is 15.1 Å². The predicted molar refractivity (Wildman–Crippen MR) is 68.3 cm³/mol. The van der Waals surface area contributed by atoms with E-state index in [1.807, 2.05) is 42.5 Å². The van der Waals surface area contributed by atoms with Crippen molar-refractivity contribution in [2.45, 2.75) is 19.9 Å². The van der Waals surface area contributed by atoms with E-state index in [9.17, 15) is 4.79 Å². The second-order valence-electron chi connectivity index (χ2n) is 3.44. The highest BCUT2D eigenvalue weighted by Crippen LogP contribution is 2.13. The third-order valence-corrected chi connectivity index (χ3v) is 2.25. The molecular weight excluding hydrogens is 319 g/mol. The number of halogens is 1. The van der Waals surface area contributed by atoms with Crippen LogP contribution in [0.4, 0.5) is 0 Å². The molecular formula is C11H11IN2O2. The minimum atomic E-state index is -0.385. The van der Waals surface area contributed by atoms with Crippen LogP contribution in [0.1, 0.15) is 19.6 Å². The number of carbonyl (C=O) groups is 1. The van der Waals surface area contributed by atoms with Gasteiger partial charge in [-0.2, -0.15) is 5.26 Å². The highest BCUT2D eigenvalue weighted by atomic mass is 127. The summed E-state index contributed by atoms with van der Waals surface area (Å²) in [7, 11) is 0. The summed E-state index contributed by atoms with van der Waals surface area (Å²) in [6.45, 7) is 3.67. The maximum Gasteiger partial charge on any atom is 0.262 e. The fourth-order valence-electron chi connectivity index (χ4n) is 1.04. The molecule has 16 heavy (non-hydrogen) atoms. The number of hydrogen-bond acceptors (Lipinski definition) is 3. The first-order chi connectivity index (χ1) is 7.52. The van der Waals surface area contributed by atoms with Crippen molar-refractivity contribution < 1.29 is 9.21 Å². The van der Waals surface area contributed by atoms with Gasteiger partial charge in [0.1, 0.15) is 17.4 Å². The Kier molecular flexibility index (Phi) is 4.55. The Morgan fingerprint density at radius 2 is 2.31 bits per heavy atom. The molecule has 84 valence electrons. The van der Waals surface area contributed by atoms with Gasteiger partial charge >= 0.3 is 0 Å². The predicted octanol–water partition coefficient (Wildman–Crippen LogP) is 2.32. The molecule has 1 aromatic heterocycles. The molecule has 0 bridgehead atoms. The van der Waals surface area contributed by atoms with Gasteiger partial charge in [-0.25, -0.2) is 0 Å². The minimum absolute atomic E-state index is 0.000914. The van der Waals surface area contributed by atoms with E-state index in [2.05, 4.69) is 5.32 Å². The van der Waals surface area contributed by atoms with E-state index >= 15 is 0 Å². The monoisotopic (exact) mass is 330 g/mol. The van der Waals surface area contributed by atoms with Crippen molar-refractivity contribution in [1.29, 1.82) is 5.26 Å². The van der Waals surface area contributed by atoms with Gasteiger partial charge in [-0.15, -0.1) is 0 Å². The molecule has 0 aromatic carbocycles. The van der Waals surface area contributed by atoms with Gasteiger partial charge in [0.2, 0.25) is 0 Å². The van der Waals surface area contributed by atoms with E-state index in [0.29, 0.717) is 9.53 Å². The lowest BCUT2D eigenvalue weighted by atomic mass is 10.2.